The average molecular weight is 217 g/mol. The van der Waals surface area contributed by atoms with Gasteiger partial charge in [0, 0.05) is 0 Å². The van der Waals surface area contributed by atoms with Crippen LogP contribution in [0.2, 0.25) is 0 Å². The van der Waals surface area contributed by atoms with E-state index in [9.17, 15) is 5.26 Å². The molecule has 16 heavy (non-hydrogen) atoms. The third-order valence-corrected chi connectivity index (χ3v) is 2.90. The van der Waals surface area contributed by atoms with E-state index >= 15 is 0 Å². The van der Waals surface area contributed by atoms with Crippen molar-refractivity contribution in [2.24, 2.45) is 5.92 Å². The average Bonchev–Trinajstić information content (AvgIpc) is 2.65. The van der Waals surface area contributed by atoms with E-state index in [4.69, 9.17) is 9.47 Å². The van der Waals surface area contributed by atoms with Gasteiger partial charge in [-0.1, -0.05) is 13.8 Å². The van der Waals surface area contributed by atoms with Gasteiger partial charge in [0.1, 0.15) is 0 Å². The van der Waals surface area contributed by atoms with Crippen molar-refractivity contribution in [3.8, 4) is 17.6 Å². The molecule has 0 fully saturated rings. The minimum absolute atomic E-state index is 0.0884. The Kier molecular flexibility index (Phi) is 2.74. The normalized spacial score (nSPS) is 14.9. The lowest BCUT2D eigenvalue weighted by Gasteiger charge is -2.16. The van der Waals surface area contributed by atoms with Gasteiger partial charge in [-0.3, -0.25) is 0 Å². The minimum Gasteiger partial charge on any atom is -0.454 e. The summed E-state index contributed by atoms with van der Waals surface area (Å²) in [5.41, 5.74) is 2.13. The predicted molar refractivity (Wildman–Crippen MR) is 60.5 cm³/mol. The summed E-state index contributed by atoms with van der Waals surface area (Å²) in [5, 5.41) is 9.20. The first kappa shape index (κ1) is 10.8. The van der Waals surface area contributed by atoms with Crippen molar-refractivity contribution < 1.29 is 9.47 Å². The number of benzene rings is 1. The van der Waals surface area contributed by atoms with Gasteiger partial charge in [-0.2, -0.15) is 5.26 Å². The van der Waals surface area contributed by atoms with Gasteiger partial charge in [0.15, 0.2) is 11.5 Å². The molecule has 1 aliphatic rings. The SMILES string of the molecule is Cc1cc2c(cc1C(C#N)C(C)C)OCO2. The summed E-state index contributed by atoms with van der Waals surface area (Å²) in [6.07, 6.45) is 0. The quantitative estimate of drug-likeness (QED) is 0.764. The van der Waals surface area contributed by atoms with Crippen molar-refractivity contribution in [1.82, 2.24) is 0 Å². The van der Waals surface area contributed by atoms with Gasteiger partial charge in [-0.15, -0.1) is 0 Å². The lowest BCUT2D eigenvalue weighted by Crippen LogP contribution is -2.06. The van der Waals surface area contributed by atoms with Crippen LogP contribution < -0.4 is 9.47 Å². The Hall–Kier alpha value is -1.69. The summed E-state index contributed by atoms with van der Waals surface area (Å²) >= 11 is 0. The number of nitriles is 1. The van der Waals surface area contributed by atoms with Crippen LogP contribution in [0.25, 0.3) is 0 Å². The van der Waals surface area contributed by atoms with E-state index in [0.29, 0.717) is 5.92 Å². The van der Waals surface area contributed by atoms with Crippen LogP contribution in [0.3, 0.4) is 0 Å². The highest BCUT2D eigenvalue weighted by Gasteiger charge is 2.22. The Morgan fingerprint density at radius 2 is 1.88 bits per heavy atom. The van der Waals surface area contributed by atoms with Crippen LogP contribution in [0.4, 0.5) is 0 Å². The molecule has 0 amide bonds. The first-order valence-corrected chi connectivity index (χ1v) is 5.43. The van der Waals surface area contributed by atoms with Gasteiger partial charge in [0.25, 0.3) is 0 Å². The van der Waals surface area contributed by atoms with Crippen LogP contribution in [-0.4, -0.2) is 6.79 Å². The zero-order chi connectivity index (χ0) is 11.7. The fourth-order valence-electron chi connectivity index (χ4n) is 1.97. The molecule has 1 aliphatic heterocycles. The molecule has 3 nitrogen and oxygen atoms in total. The van der Waals surface area contributed by atoms with Gasteiger partial charge in [-0.25, -0.2) is 0 Å². The Bertz CT molecular complexity index is 446. The number of ether oxygens (including phenoxy) is 2. The zero-order valence-electron chi connectivity index (χ0n) is 9.78. The fourth-order valence-corrected chi connectivity index (χ4v) is 1.97. The first-order chi connectivity index (χ1) is 7.63. The van der Waals surface area contributed by atoms with Crippen LogP contribution in [0.15, 0.2) is 12.1 Å². The van der Waals surface area contributed by atoms with Crippen LogP contribution >= 0.6 is 0 Å². The summed E-state index contributed by atoms with van der Waals surface area (Å²) in [5.74, 6) is 1.74. The van der Waals surface area contributed by atoms with Crippen LogP contribution in [0.5, 0.6) is 11.5 Å². The summed E-state index contributed by atoms with van der Waals surface area (Å²) in [6, 6.07) is 6.24. The number of hydrogen-bond acceptors (Lipinski definition) is 3. The van der Waals surface area contributed by atoms with Crippen molar-refractivity contribution >= 4 is 0 Å². The molecule has 1 atom stereocenters. The number of hydrogen-bond donors (Lipinski definition) is 0. The van der Waals surface area contributed by atoms with E-state index in [2.05, 4.69) is 19.9 Å². The minimum atomic E-state index is -0.0884. The fraction of sp³-hybridized carbons (Fsp3) is 0.462. The number of aryl methyl sites for hydroxylation is 1. The summed E-state index contributed by atoms with van der Waals surface area (Å²) in [4.78, 5) is 0. The molecule has 1 heterocycles. The standard InChI is InChI=1S/C13H15NO2/c1-8(2)11(6-14)10-5-13-12(4-9(10)3)15-7-16-13/h4-5,8,11H,7H2,1-3H3. The third kappa shape index (κ3) is 1.71. The van der Waals surface area contributed by atoms with Gasteiger partial charge >= 0.3 is 0 Å². The summed E-state index contributed by atoms with van der Waals surface area (Å²) in [6.45, 7) is 6.39. The van der Waals surface area contributed by atoms with Gasteiger partial charge < -0.3 is 9.47 Å². The molecule has 1 aromatic carbocycles. The van der Waals surface area contributed by atoms with Gasteiger partial charge in [0.2, 0.25) is 6.79 Å². The maximum absolute atomic E-state index is 9.20. The molecule has 84 valence electrons. The number of fused-ring (bicyclic) bond motifs is 1. The lowest BCUT2D eigenvalue weighted by molar-refractivity contribution is 0.174. The molecule has 0 saturated carbocycles. The largest absolute Gasteiger partial charge is 0.454 e. The smallest absolute Gasteiger partial charge is 0.231 e. The van der Waals surface area contributed by atoms with Gasteiger partial charge in [0.05, 0.1) is 12.0 Å². The number of rotatable bonds is 2. The maximum atomic E-state index is 9.20. The Morgan fingerprint density at radius 1 is 1.25 bits per heavy atom. The van der Waals surface area contributed by atoms with E-state index in [0.717, 1.165) is 22.6 Å². The predicted octanol–water partition coefficient (Wildman–Crippen LogP) is 2.99. The van der Waals surface area contributed by atoms with E-state index in [1.165, 1.54) is 0 Å². The molecule has 0 spiro atoms. The molecule has 0 aliphatic carbocycles. The Balaban J connectivity index is 2.46. The second kappa shape index (κ2) is 4.05. The van der Waals surface area contributed by atoms with Crippen molar-refractivity contribution in [3.05, 3.63) is 23.3 Å². The molecule has 0 saturated heterocycles. The van der Waals surface area contributed by atoms with Crippen LogP contribution in [-0.2, 0) is 0 Å². The topological polar surface area (TPSA) is 42.2 Å². The molecule has 0 aromatic heterocycles. The van der Waals surface area contributed by atoms with Crippen molar-refractivity contribution in [1.29, 1.82) is 5.26 Å². The molecule has 1 aromatic rings. The monoisotopic (exact) mass is 217 g/mol. The maximum Gasteiger partial charge on any atom is 0.231 e. The summed E-state index contributed by atoms with van der Waals surface area (Å²) in [7, 11) is 0. The molecule has 0 bridgehead atoms. The Morgan fingerprint density at radius 3 is 2.44 bits per heavy atom. The molecular weight excluding hydrogens is 202 g/mol. The van der Waals surface area contributed by atoms with E-state index in [-0.39, 0.29) is 12.7 Å². The zero-order valence-corrected chi connectivity index (χ0v) is 9.78. The molecule has 3 heteroatoms. The van der Waals surface area contributed by atoms with Crippen molar-refractivity contribution in [2.75, 3.05) is 6.79 Å². The molecule has 0 N–H and O–H groups in total. The van der Waals surface area contributed by atoms with E-state index in [1.54, 1.807) is 0 Å². The molecule has 0 radical (unpaired) electrons. The molecule has 2 rings (SSSR count). The van der Waals surface area contributed by atoms with Gasteiger partial charge in [-0.05, 0) is 36.1 Å². The van der Waals surface area contributed by atoms with E-state index < -0.39 is 0 Å². The molecule has 1 unspecified atom stereocenters. The highest BCUT2D eigenvalue weighted by molar-refractivity contribution is 5.50. The highest BCUT2D eigenvalue weighted by atomic mass is 16.7. The van der Waals surface area contributed by atoms with Crippen molar-refractivity contribution in [3.63, 3.8) is 0 Å². The first-order valence-electron chi connectivity index (χ1n) is 5.43. The Labute approximate surface area is 95.6 Å². The van der Waals surface area contributed by atoms with Crippen molar-refractivity contribution in [2.45, 2.75) is 26.7 Å². The summed E-state index contributed by atoms with van der Waals surface area (Å²) < 4.78 is 10.6. The highest BCUT2D eigenvalue weighted by Crippen LogP contribution is 2.38. The van der Waals surface area contributed by atoms with E-state index in [1.807, 2.05) is 19.1 Å². The second-order valence-electron chi connectivity index (χ2n) is 4.41. The van der Waals surface area contributed by atoms with Crippen LogP contribution in [0, 0.1) is 24.2 Å². The third-order valence-electron chi connectivity index (χ3n) is 2.90. The lowest BCUT2D eigenvalue weighted by atomic mass is 9.87. The second-order valence-corrected chi connectivity index (χ2v) is 4.41. The van der Waals surface area contributed by atoms with Crippen LogP contribution in [0.1, 0.15) is 30.9 Å². The molecular formula is C13H15NO2. The number of nitrogens with zero attached hydrogens (tertiary/aromatic N) is 1.